The zero-order valence-corrected chi connectivity index (χ0v) is 21.3. The van der Waals surface area contributed by atoms with Gasteiger partial charge >= 0.3 is 0 Å². The van der Waals surface area contributed by atoms with Crippen LogP contribution in [0, 0.1) is 0 Å². The van der Waals surface area contributed by atoms with E-state index < -0.39 is 16.5 Å². The summed E-state index contributed by atoms with van der Waals surface area (Å²) in [5.41, 5.74) is 4.14. The number of hydrogen-bond donors (Lipinski definition) is 2. The highest BCUT2D eigenvalue weighted by molar-refractivity contribution is 8.01. The highest BCUT2D eigenvalue weighted by Crippen LogP contribution is 2.47. The van der Waals surface area contributed by atoms with E-state index in [2.05, 4.69) is 10.7 Å². The highest BCUT2D eigenvalue weighted by Gasteiger charge is 2.41. The van der Waals surface area contributed by atoms with Crippen molar-refractivity contribution in [3.63, 3.8) is 0 Å². The molecule has 2 atom stereocenters. The number of carbonyl (C=O) groups is 3. The number of methoxy groups -OCH3 is 3. The van der Waals surface area contributed by atoms with Crippen LogP contribution < -0.4 is 29.7 Å². The summed E-state index contributed by atoms with van der Waals surface area (Å²) in [5.74, 6) is 0.566. The van der Waals surface area contributed by atoms with Crippen LogP contribution in [0.3, 0.4) is 0 Å². The Morgan fingerprint density at radius 2 is 1.69 bits per heavy atom. The van der Waals surface area contributed by atoms with E-state index >= 15 is 0 Å². The molecule has 188 valence electrons. The minimum absolute atomic E-state index is 0.224. The third kappa shape index (κ3) is 5.56. The first-order chi connectivity index (χ1) is 16.7. The van der Waals surface area contributed by atoms with E-state index in [9.17, 15) is 14.4 Å². The van der Waals surface area contributed by atoms with Crippen LogP contribution >= 0.6 is 11.8 Å². The van der Waals surface area contributed by atoms with Crippen molar-refractivity contribution >= 4 is 35.2 Å². The third-order valence-electron chi connectivity index (χ3n) is 5.19. The van der Waals surface area contributed by atoms with Crippen molar-refractivity contribution in [1.82, 2.24) is 10.4 Å². The van der Waals surface area contributed by atoms with Crippen molar-refractivity contribution in [3.8, 4) is 23.0 Å². The summed E-state index contributed by atoms with van der Waals surface area (Å²) in [7, 11) is 4.53. The standard InChI is InChI=1S/C24H29N3O7S/c1-7-34-18-12-16(25-14(3)28)8-9-17(18)22(29)26-27-23(30)13(2)35-24(27)15-10-19(31-4)21(33-6)20(11-15)32-5/h8-13,24H,7H2,1-6H3,(H,25,28)(H,26,29)/t13-,24+/m0/s1. The smallest absolute Gasteiger partial charge is 0.273 e. The van der Waals surface area contributed by atoms with Gasteiger partial charge in [0.2, 0.25) is 11.7 Å². The number of nitrogens with one attached hydrogen (secondary N) is 2. The van der Waals surface area contributed by atoms with Gasteiger partial charge in [-0.25, -0.2) is 5.01 Å². The van der Waals surface area contributed by atoms with Gasteiger partial charge in [-0.1, -0.05) is 0 Å². The van der Waals surface area contributed by atoms with Crippen molar-refractivity contribution in [3.05, 3.63) is 41.5 Å². The van der Waals surface area contributed by atoms with Crippen LogP contribution in [0.1, 0.15) is 42.1 Å². The molecule has 0 spiro atoms. The summed E-state index contributed by atoms with van der Waals surface area (Å²) >= 11 is 1.38. The lowest BCUT2D eigenvalue weighted by Crippen LogP contribution is -2.45. The fourth-order valence-corrected chi connectivity index (χ4v) is 4.83. The molecule has 3 rings (SSSR count). The van der Waals surface area contributed by atoms with Gasteiger partial charge in [0.05, 0.1) is 38.7 Å². The maximum atomic E-state index is 13.3. The molecule has 1 aliphatic rings. The SMILES string of the molecule is CCOc1cc(NC(C)=O)ccc1C(=O)NN1C(=O)[C@H](C)S[C@@H]1c1cc(OC)c(OC)c(OC)c1. The molecule has 35 heavy (non-hydrogen) atoms. The van der Waals surface area contributed by atoms with E-state index in [0.29, 0.717) is 35.1 Å². The number of hydrazine groups is 1. The van der Waals surface area contributed by atoms with Crippen molar-refractivity contribution in [2.75, 3.05) is 33.3 Å². The average molecular weight is 504 g/mol. The first-order valence-corrected chi connectivity index (χ1v) is 11.8. The molecule has 0 radical (unpaired) electrons. The van der Waals surface area contributed by atoms with Gasteiger partial charge in [-0.15, -0.1) is 11.8 Å². The predicted molar refractivity (Wildman–Crippen MR) is 132 cm³/mol. The zero-order chi connectivity index (χ0) is 25.7. The van der Waals surface area contributed by atoms with Crippen LogP contribution in [0.4, 0.5) is 5.69 Å². The fourth-order valence-electron chi connectivity index (χ4n) is 3.64. The molecule has 2 aromatic carbocycles. The van der Waals surface area contributed by atoms with Crippen molar-refractivity contribution in [2.45, 2.75) is 31.4 Å². The molecule has 0 bridgehead atoms. The Hall–Kier alpha value is -3.60. The van der Waals surface area contributed by atoms with Gasteiger partial charge in [0.15, 0.2) is 11.5 Å². The van der Waals surface area contributed by atoms with Gasteiger partial charge in [0, 0.05) is 18.7 Å². The van der Waals surface area contributed by atoms with Gasteiger partial charge in [-0.05, 0) is 43.7 Å². The van der Waals surface area contributed by atoms with Crippen LogP contribution in [0.15, 0.2) is 30.3 Å². The van der Waals surface area contributed by atoms with Gasteiger partial charge < -0.3 is 24.3 Å². The maximum absolute atomic E-state index is 13.3. The number of nitrogens with zero attached hydrogens (tertiary/aromatic N) is 1. The molecule has 1 aliphatic heterocycles. The molecule has 1 saturated heterocycles. The van der Waals surface area contributed by atoms with Gasteiger partial charge in [0.1, 0.15) is 11.1 Å². The summed E-state index contributed by atoms with van der Waals surface area (Å²) in [5, 5.41) is 3.03. The van der Waals surface area contributed by atoms with E-state index in [-0.39, 0.29) is 23.1 Å². The Morgan fingerprint density at radius 3 is 2.23 bits per heavy atom. The predicted octanol–water partition coefficient (Wildman–Crippen LogP) is 3.38. The minimum atomic E-state index is -0.538. The molecule has 1 heterocycles. The molecule has 11 heteroatoms. The molecular formula is C24H29N3O7S. The Kier molecular flexibility index (Phi) is 8.34. The van der Waals surface area contributed by atoms with Crippen LogP contribution in [-0.2, 0) is 9.59 Å². The fraction of sp³-hybridized carbons (Fsp3) is 0.375. The van der Waals surface area contributed by atoms with Crippen LogP contribution in [-0.4, -0.2) is 55.9 Å². The van der Waals surface area contributed by atoms with Crippen LogP contribution in [0.25, 0.3) is 0 Å². The quantitative estimate of drug-likeness (QED) is 0.535. The van der Waals surface area contributed by atoms with E-state index in [1.165, 1.54) is 51.1 Å². The number of carbonyl (C=O) groups excluding carboxylic acids is 3. The normalized spacial score (nSPS) is 17.1. The number of benzene rings is 2. The van der Waals surface area contributed by atoms with Gasteiger partial charge in [0.25, 0.3) is 11.8 Å². The summed E-state index contributed by atoms with van der Waals surface area (Å²) in [4.78, 5) is 37.7. The Balaban J connectivity index is 1.95. The second kappa shape index (κ2) is 11.2. The summed E-state index contributed by atoms with van der Waals surface area (Å²) in [6, 6.07) is 8.20. The molecule has 1 fully saturated rings. The lowest BCUT2D eigenvalue weighted by molar-refractivity contribution is -0.132. The number of hydrogen-bond acceptors (Lipinski definition) is 8. The van der Waals surface area contributed by atoms with Crippen molar-refractivity contribution in [2.24, 2.45) is 0 Å². The molecule has 0 aromatic heterocycles. The second-order valence-corrected chi connectivity index (χ2v) is 8.99. The second-order valence-electron chi connectivity index (χ2n) is 7.56. The monoisotopic (exact) mass is 503 g/mol. The Morgan fingerprint density at radius 1 is 1.03 bits per heavy atom. The molecular weight excluding hydrogens is 474 g/mol. The lowest BCUT2D eigenvalue weighted by Gasteiger charge is -2.26. The number of thioether (sulfide) groups is 1. The molecule has 0 aliphatic carbocycles. The minimum Gasteiger partial charge on any atom is -0.493 e. The topological polar surface area (TPSA) is 115 Å². The van der Waals surface area contributed by atoms with E-state index in [0.717, 1.165) is 0 Å². The zero-order valence-electron chi connectivity index (χ0n) is 20.5. The number of amides is 3. The molecule has 0 unspecified atom stereocenters. The summed E-state index contributed by atoms with van der Waals surface area (Å²) < 4.78 is 21.9. The van der Waals surface area contributed by atoms with Crippen molar-refractivity contribution in [1.29, 1.82) is 0 Å². The summed E-state index contributed by atoms with van der Waals surface area (Å²) in [6.45, 7) is 5.27. The average Bonchev–Trinajstić information content (AvgIpc) is 3.11. The van der Waals surface area contributed by atoms with E-state index in [1.807, 2.05) is 0 Å². The molecule has 10 nitrogen and oxygen atoms in total. The first-order valence-electron chi connectivity index (χ1n) is 10.9. The molecule has 2 aromatic rings. The maximum Gasteiger partial charge on any atom is 0.273 e. The molecule has 3 amide bonds. The highest BCUT2D eigenvalue weighted by atomic mass is 32.2. The first kappa shape index (κ1) is 26.0. The Bertz CT molecular complexity index is 1100. The number of anilines is 1. The van der Waals surface area contributed by atoms with Gasteiger partial charge in [-0.3, -0.25) is 19.8 Å². The largest absolute Gasteiger partial charge is 0.493 e. The third-order valence-corrected chi connectivity index (χ3v) is 6.54. The summed E-state index contributed by atoms with van der Waals surface area (Å²) in [6.07, 6.45) is 0. The molecule has 0 saturated carbocycles. The van der Waals surface area contributed by atoms with E-state index in [4.69, 9.17) is 18.9 Å². The number of ether oxygens (including phenoxy) is 4. The Labute approximate surface area is 208 Å². The van der Waals surface area contributed by atoms with Crippen LogP contribution in [0.5, 0.6) is 23.0 Å². The van der Waals surface area contributed by atoms with Gasteiger partial charge in [-0.2, -0.15) is 0 Å². The van der Waals surface area contributed by atoms with Crippen LogP contribution in [0.2, 0.25) is 0 Å². The van der Waals surface area contributed by atoms with Crippen molar-refractivity contribution < 1.29 is 33.3 Å². The lowest BCUT2D eigenvalue weighted by atomic mass is 10.1. The van der Waals surface area contributed by atoms with E-state index in [1.54, 1.807) is 38.1 Å². The number of rotatable bonds is 9. The molecule has 2 N–H and O–H groups in total.